The number of amides is 1. The second-order valence-corrected chi connectivity index (χ2v) is 4.45. The predicted molar refractivity (Wildman–Crippen MR) is 72.6 cm³/mol. The molecule has 1 heterocycles. The standard InChI is InChI=1S/C14H13ClN2O/c1-10-7-12(9-16-8-10)17-14(18)13(15)11-5-3-2-4-6-11/h2-9,13H,1H3,(H,17,18). The minimum absolute atomic E-state index is 0.254. The number of nitrogens with one attached hydrogen (secondary N) is 1. The Balaban J connectivity index is 2.09. The number of hydrogen-bond donors (Lipinski definition) is 1. The Hall–Kier alpha value is -1.87. The van der Waals surface area contributed by atoms with E-state index in [1.165, 1.54) is 0 Å². The van der Waals surface area contributed by atoms with Crippen LogP contribution in [-0.4, -0.2) is 10.9 Å². The van der Waals surface area contributed by atoms with Gasteiger partial charge in [0.1, 0.15) is 5.38 Å². The Morgan fingerprint density at radius 1 is 1.28 bits per heavy atom. The Kier molecular flexibility index (Phi) is 3.95. The number of anilines is 1. The van der Waals surface area contributed by atoms with Crippen molar-refractivity contribution in [1.29, 1.82) is 0 Å². The number of rotatable bonds is 3. The second kappa shape index (κ2) is 5.65. The van der Waals surface area contributed by atoms with Gasteiger partial charge in [-0.1, -0.05) is 30.3 Å². The molecule has 0 aliphatic carbocycles. The van der Waals surface area contributed by atoms with Gasteiger partial charge < -0.3 is 5.32 Å². The third kappa shape index (κ3) is 3.08. The zero-order valence-electron chi connectivity index (χ0n) is 9.93. The van der Waals surface area contributed by atoms with Crippen LogP contribution in [-0.2, 0) is 4.79 Å². The summed E-state index contributed by atoms with van der Waals surface area (Å²) in [5.41, 5.74) is 2.41. The smallest absolute Gasteiger partial charge is 0.247 e. The molecule has 1 aromatic carbocycles. The van der Waals surface area contributed by atoms with Crippen molar-refractivity contribution in [2.75, 3.05) is 5.32 Å². The van der Waals surface area contributed by atoms with Crippen LogP contribution in [0.15, 0.2) is 48.8 Å². The SMILES string of the molecule is Cc1cncc(NC(=O)C(Cl)c2ccccc2)c1. The number of aryl methyl sites for hydroxylation is 1. The highest BCUT2D eigenvalue weighted by atomic mass is 35.5. The van der Waals surface area contributed by atoms with Gasteiger partial charge in [-0.05, 0) is 24.1 Å². The third-order valence-corrected chi connectivity index (χ3v) is 2.92. The summed E-state index contributed by atoms with van der Waals surface area (Å²) in [4.78, 5) is 16.0. The van der Waals surface area contributed by atoms with Gasteiger partial charge in [-0.2, -0.15) is 0 Å². The molecule has 0 spiro atoms. The fourth-order valence-electron chi connectivity index (χ4n) is 1.60. The molecule has 0 saturated heterocycles. The monoisotopic (exact) mass is 260 g/mol. The first-order valence-corrected chi connectivity index (χ1v) is 6.02. The molecule has 1 unspecified atom stereocenters. The van der Waals surface area contributed by atoms with Crippen LogP contribution in [0.2, 0.25) is 0 Å². The van der Waals surface area contributed by atoms with Crippen LogP contribution in [0.4, 0.5) is 5.69 Å². The van der Waals surface area contributed by atoms with Crippen LogP contribution < -0.4 is 5.32 Å². The molecule has 1 N–H and O–H groups in total. The van der Waals surface area contributed by atoms with Crippen molar-refractivity contribution in [3.05, 3.63) is 59.9 Å². The molecule has 2 aromatic rings. The van der Waals surface area contributed by atoms with E-state index < -0.39 is 5.38 Å². The second-order valence-electron chi connectivity index (χ2n) is 4.01. The summed E-state index contributed by atoms with van der Waals surface area (Å²) in [6.45, 7) is 1.91. The molecule has 4 heteroatoms. The maximum atomic E-state index is 12.0. The highest BCUT2D eigenvalue weighted by Gasteiger charge is 2.17. The number of carbonyl (C=O) groups is 1. The molecule has 1 aromatic heterocycles. The largest absolute Gasteiger partial charge is 0.323 e. The van der Waals surface area contributed by atoms with Gasteiger partial charge in [0.15, 0.2) is 0 Å². The highest BCUT2D eigenvalue weighted by Crippen LogP contribution is 2.22. The summed E-state index contributed by atoms with van der Waals surface area (Å²) in [5.74, 6) is -0.254. The van der Waals surface area contributed by atoms with Crippen molar-refractivity contribution < 1.29 is 4.79 Å². The van der Waals surface area contributed by atoms with Gasteiger partial charge in [-0.25, -0.2) is 0 Å². The van der Waals surface area contributed by atoms with Crippen molar-refractivity contribution in [2.24, 2.45) is 0 Å². The molecule has 1 amide bonds. The Morgan fingerprint density at radius 2 is 2.00 bits per heavy atom. The molecule has 0 saturated carbocycles. The molecular weight excluding hydrogens is 248 g/mol. The summed E-state index contributed by atoms with van der Waals surface area (Å²) in [6, 6.07) is 11.1. The lowest BCUT2D eigenvalue weighted by Crippen LogP contribution is -2.17. The lowest BCUT2D eigenvalue weighted by atomic mass is 10.1. The maximum Gasteiger partial charge on any atom is 0.247 e. The van der Waals surface area contributed by atoms with Crippen LogP contribution in [0.25, 0.3) is 0 Å². The maximum absolute atomic E-state index is 12.0. The van der Waals surface area contributed by atoms with Gasteiger partial charge >= 0.3 is 0 Å². The number of pyridine rings is 1. The number of benzene rings is 1. The normalized spacial score (nSPS) is 11.9. The average Bonchev–Trinajstić information content (AvgIpc) is 2.39. The van der Waals surface area contributed by atoms with E-state index in [1.807, 2.05) is 43.3 Å². The van der Waals surface area contributed by atoms with Crippen LogP contribution >= 0.6 is 11.6 Å². The van der Waals surface area contributed by atoms with Crippen molar-refractivity contribution in [3.63, 3.8) is 0 Å². The fraction of sp³-hybridized carbons (Fsp3) is 0.143. The molecule has 1 atom stereocenters. The topological polar surface area (TPSA) is 42.0 Å². The summed E-state index contributed by atoms with van der Waals surface area (Å²) in [5, 5.41) is 2.05. The van der Waals surface area contributed by atoms with Crippen LogP contribution in [0, 0.1) is 6.92 Å². The molecule has 0 fully saturated rings. The molecular formula is C14H13ClN2O. The first kappa shape index (κ1) is 12.6. The van der Waals surface area contributed by atoms with Gasteiger partial charge in [0.2, 0.25) is 5.91 Å². The van der Waals surface area contributed by atoms with E-state index in [0.29, 0.717) is 5.69 Å². The van der Waals surface area contributed by atoms with Gasteiger partial charge in [0.25, 0.3) is 0 Å². The number of hydrogen-bond acceptors (Lipinski definition) is 2. The molecule has 0 aliphatic heterocycles. The van der Waals surface area contributed by atoms with E-state index >= 15 is 0 Å². The van der Waals surface area contributed by atoms with Gasteiger partial charge in [-0.3, -0.25) is 9.78 Å². The van der Waals surface area contributed by atoms with E-state index in [0.717, 1.165) is 11.1 Å². The number of nitrogens with zero attached hydrogens (tertiary/aromatic N) is 1. The molecule has 0 radical (unpaired) electrons. The summed E-state index contributed by atoms with van der Waals surface area (Å²) < 4.78 is 0. The minimum atomic E-state index is -0.702. The molecule has 2 rings (SSSR count). The van der Waals surface area contributed by atoms with E-state index in [1.54, 1.807) is 12.4 Å². The van der Waals surface area contributed by atoms with Gasteiger partial charge in [0, 0.05) is 6.20 Å². The van der Waals surface area contributed by atoms with Crippen molar-refractivity contribution >= 4 is 23.2 Å². The zero-order valence-corrected chi connectivity index (χ0v) is 10.7. The first-order valence-electron chi connectivity index (χ1n) is 5.58. The van der Waals surface area contributed by atoms with E-state index in [-0.39, 0.29) is 5.91 Å². The first-order chi connectivity index (χ1) is 8.66. The highest BCUT2D eigenvalue weighted by molar-refractivity contribution is 6.32. The lowest BCUT2D eigenvalue weighted by Gasteiger charge is -2.10. The van der Waals surface area contributed by atoms with Crippen LogP contribution in [0.3, 0.4) is 0 Å². The van der Waals surface area contributed by atoms with Gasteiger partial charge in [-0.15, -0.1) is 11.6 Å². The van der Waals surface area contributed by atoms with Crippen LogP contribution in [0.1, 0.15) is 16.5 Å². The van der Waals surface area contributed by atoms with Crippen molar-refractivity contribution in [3.8, 4) is 0 Å². The minimum Gasteiger partial charge on any atom is -0.323 e. The summed E-state index contributed by atoms with van der Waals surface area (Å²) >= 11 is 6.11. The van der Waals surface area contributed by atoms with Gasteiger partial charge in [0.05, 0.1) is 11.9 Å². The lowest BCUT2D eigenvalue weighted by molar-refractivity contribution is -0.116. The fourth-order valence-corrected chi connectivity index (χ4v) is 1.80. The molecule has 92 valence electrons. The van der Waals surface area contributed by atoms with E-state index in [9.17, 15) is 4.79 Å². The van der Waals surface area contributed by atoms with Crippen molar-refractivity contribution in [1.82, 2.24) is 4.98 Å². The van der Waals surface area contributed by atoms with Crippen LogP contribution in [0.5, 0.6) is 0 Å². The summed E-state index contributed by atoms with van der Waals surface area (Å²) in [7, 11) is 0. The zero-order chi connectivity index (χ0) is 13.0. The number of aromatic nitrogens is 1. The third-order valence-electron chi connectivity index (χ3n) is 2.46. The molecule has 0 bridgehead atoms. The molecule has 3 nitrogen and oxygen atoms in total. The van der Waals surface area contributed by atoms with E-state index in [2.05, 4.69) is 10.3 Å². The average molecular weight is 261 g/mol. The Labute approximate surface area is 111 Å². The molecule has 18 heavy (non-hydrogen) atoms. The number of alkyl halides is 1. The summed E-state index contributed by atoms with van der Waals surface area (Å²) in [6.07, 6.45) is 3.32. The molecule has 0 aliphatic rings. The Bertz CT molecular complexity index is 543. The Morgan fingerprint density at radius 3 is 2.67 bits per heavy atom. The predicted octanol–water partition coefficient (Wildman–Crippen LogP) is 3.31. The van der Waals surface area contributed by atoms with E-state index in [4.69, 9.17) is 11.6 Å². The van der Waals surface area contributed by atoms with Crippen molar-refractivity contribution in [2.45, 2.75) is 12.3 Å². The quantitative estimate of drug-likeness (QED) is 0.861. The number of halogens is 1. The number of carbonyl (C=O) groups excluding carboxylic acids is 1.